The van der Waals surface area contributed by atoms with Gasteiger partial charge >= 0.3 is 0 Å². The molecule has 9 heteroatoms. The lowest BCUT2D eigenvalue weighted by atomic mass is 9.70. The Hall–Kier alpha value is -1.32. The number of rotatable bonds is 16. The molecule has 0 saturated carbocycles. The molecule has 3 heterocycles. The highest BCUT2D eigenvalue weighted by Gasteiger charge is 2.75. The van der Waals surface area contributed by atoms with Gasteiger partial charge in [-0.3, -0.25) is 14.4 Å². The van der Waals surface area contributed by atoms with E-state index in [4.69, 9.17) is 5.11 Å². The number of amides is 3. The van der Waals surface area contributed by atoms with Crippen molar-refractivity contribution in [2.24, 2.45) is 11.8 Å². The van der Waals surface area contributed by atoms with E-state index in [1.165, 1.54) is 0 Å². The monoisotopic (exact) mass is 597 g/mol. The van der Waals surface area contributed by atoms with Gasteiger partial charge in [0.25, 0.3) is 0 Å². The van der Waals surface area contributed by atoms with Crippen LogP contribution in [0.25, 0.3) is 0 Å². The molecule has 3 saturated heterocycles. The van der Waals surface area contributed by atoms with E-state index >= 15 is 0 Å². The summed E-state index contributed by atoms with van der Waals surface area (Å²) in [6.45, 7) is 12.0. The quantitative estimate of drug-likeness (QED) is 0.166. The average Bonchev–Trinajstić information content (AvgIpc) is 3.46. The van der Waals surface area contributed by atoms with E-state index in [2.05, 4.69) is 36.0 Å². The number of alkyl halides is 1. The lowest BCUT2D eigenvalue weighted by Gasteiger charge is -2.38. The fourth-order valence-electron chi connectivity index (χ4n) is 6.39. The second kappa shape index (κ2) is 13.7. The summed E-state index contributed by atoms with van der Waals surface area (Å²) in [5, 5.41) is 9.09. The van der Waals surface area contributed by atoms with Crippen molar-refractivity contribution < 1.29 is 19.5 Å². The fraction of sp³-hybridized carbons (Fsp3) is 0.750. The number of nitrogens with zero attached hydrogens (tertiary/aromatic N) is 3. The van der Waals surface area contributed by atoms with Gasteiger partial charge in [-0.15, -0.1) is 24.9 Å². The van der Waals surface area contributed by atoms with Crippen molar-refractivity contribution in [3.8, 4) is 0 Å². The summed E-state index contributed by atoms with van der Waals surface area (Å²) < 4.78 is -0.613. The Labute approximate surface area is 235 Å². The number of halogens is 1. The third kappa shape index (κ3) is 5.98. The number of carbonyl (C=O) groups is 3. The predicted molar refractivity (Wildman–Crippen MR) is 154 cm³/mol. The number of likely N-dealkylation sites (N-methyl/N-ethyl adjacent to an activating group) is 1. The summed E-state index contributed by atoms with van der Waals surface area (Å²) in [6.07, 6.45) is 10.5. The SMILES string of the molecule is C=CCN(C)C(=O)[C@H]1[C@H]2C(=O)N(CCCCCCO)C(C(=O)N(CC=C)CCCCC)C23CC(Br)[C@@H]1S3. The first kappa shape index (κ1) is 30.2. The highest BCUT2D eigenvalue weighted by Crippen LogP contribution is 2.68. The Morgan fingerprint density at radius 3 is 2.49 bits per heavy atom. The third-order valence-corrected chi connectivity index (χ3v) is 11.3. The number of unbranched alkanes of at least 4 members (excludes halogenated alkanes) is 5. The number of likely N-dealkylation sites (tertiary alicyclic amines) is 1. The van der Waals surface area contributed by atoms with Crippen LogP contribution in [0.4, 0.5) is 0 Å². The standard InChI is InChI=1S/C28H44BrN3O4S/c1-5-8-11-16-31(15-7-3)27(36)24-28-19-20(29)23(37-28)21(25(34)30(4)14-6-2)22(28)26(35)32(24)17-12-9-10-13-18-33/h6-7,20-24,33H,2-3,5,8-19H2,1,4H3/t20?,21-,22-,23-,24?,28?/m0/s1. The van der Waals surface area contributed by atoms with E-state index < -0.39 is 22.6 Å². The maximum atomic E-state index is 14.3. The van der Waals surface area contributed by atoms with Gasteiger partial charge < -0.3 is 19.8 Å². The first-order chi connectivity index (χ1) is 17.8. The molecule has 37 heavy (non-hydrogen) atoms. The number of thioether (sulfide) groups is 1. The van der Waals surface area contributed by atoms with Crippen LogP contribution < -0.4 is 0 Å². The Bertz CT molecular complexity index is 857. The van der Waals surface area contributed by atoms with Crippen LogP contribution in [0.15, 0.2) is 25.3 Å². The molecule has 208 valence electrons. The van der Waals surface area contributed by atoms with Crippen molar-refractivity contribution >= 4 is 45.4 Å². The topological polar surface area (TPSA) is 81.2 Å². The van der Waals surface area contributed by atoms with Gasteiger partial charge in [0.1, 0.15) is 6.04 Å². The molecular formula is C28H44BrN3O4S. The zero-order valence-electron chi connectivity index (χ0n) is 22.4. The first-order valence-corrected chi connectivity index (χ1v) is 15.6. The van der Waals surface area contributed by atoms with Crippen LogP contribution in [-0.4, -0.2) is 98.2 Å². The van der Waals surface area contributed by atoms with Gasteiger partial charge in [0.2, 0.25) is 17.7 Å². The molecule has 6 atom stereocenters. The molecule has 0 aliphatic carbocycles. The molecule has 3 fully saturated rings. The second-order valence-electron chi connectivity index (χ2n) is 10.6. The van der Waals surface area contributed by atoms with Gasteiger partial charge in [-0.25, -0.2) is 0 Å². The molecule has 3 amide bonds. The summed E-state index contributed by atoms with van der Waals surface area (Å²) >= 11 is 5.53. The van der Waals surface area contributed by atoms with Crippen LogP contribution in [0.5, 0.6) is 0 Å². The highest BCUT2D eigenvalue weighted by molar-refractivity contribution is 9.09. The summed E-state index contributed by atoms with van der Waals surface area (Å²) in [5.74, 6) is -1.05. The summed E-state index contributed by atoms with van der Waals surface area (Å²) in [7, 11) is 1.76. The predicted octanol–water partition coefficient (Wildman–Crippen LogP) is 3.85. The highest BCUT2D eigenvalue weighted by atomic mass is 79.9. The Morgan fingerprint density at radius 2 is 1.84 bits per heavy atom. The molecule has 7 nitrogen and oxygen atoms in total. The van der Waals surface area contributed by atoms with Crippen LogP contribution in [0.3, 0.4) is 0 Å². The number of carbonyl (C=O) groups excluding carboxylic acids is 3. The van der Waals surface area contributed by atoms with Crippen molar-refractivity contribution in [1.82, 2.24) is 14.7 Å². The molecule has 3 unspecified atom stereocenters. The number of aliphatic hydroxyl groups excluding tert-OH is 1. The van der Waals surface area contributed by atoms with E-state index in [1.807, 2.05) is 9.80 Å². The molecule has 2 bridgehead atoms. The molecular weight excluding hydrogens is 554 g/mol. The Balaban J connectivity index is 1.96. The maximum Gasteiger partial charge on any atom is 0.247 e. The fourth-order valence-corrected chi connectivity index (χ4v) is 9.99. The Kier molecular flexibility index (Phi) is 11.2. The molecule has 0 radical (unpaired) electrons. The van der Waals surface area contributed by atoms with Crippen molar-refractivity contribution in [1.29, 1.82) is 0 Å². The van der Waals surface area contributed by atoms with Gasteiger partial charge in [0, 0.05) is 49.9 Å². The van der Waals surface area contributed by atoms with Gasteiger partial charge in [-0.05, 0) is 25.7 Å². The minimum atomic E-state index is -0.613. The maximum absolute atomic E-state index is 14.3. The average molecular weight is 599 g/mol. The largest absolute Gasteiger partial charge is 0.396 e. The first-order valence-electron chi connectivity index (χ1n) is 13.8. The molecule has 0 aromatic heterocycles. The van der Waals surface area contributed by atoms with E-state index in [-0.39, 0.29) is 34.4 Å². The van der Waals surface area contributed by atoms with Crippen molar-refractivity contribution in [3.05, 3.63) is 25.3 Å². The number of aliphatic hydroxyl groups is 1. The summed E-state index contributed by atoms with van der Waals surface area (Å²) in [6, 6.07) is -0.582. The molecule has 3 aliphatic heterocycles. The smallest absolute Gasteiger partial charge is 0.247 e. The van der Waals surface area contributed by atoms with Crippen LogP contribution in [0.1, 0.15) is 58.3 Å². The third-order valence-electron chi connectivity index (χ3n) is 8.09. The summed E-state index contributed by atoms with van der Waals surface area (Å²) in [5.41, 5.74) is 0. The lowest BCUT2D eigenvalue weighted by Crippen LogP contribution is -2.56. The molecule has 0 aromatic carbocycles. The number of hydrogen-bond donors (Lipinski definition) is 1. The minimum absolute atomic E-state index is 0.0115. The van der Waals surface area contributed by atoms with Gasteiger partial charge in [-0.1, -0.05) is 60.7 Å². The normalized spacial score (nSPS) is 29.9. The Morgan fingerprint density at radius 1 is 1.14 bits per heavy atom. The van der Waals surface area contributed by atoms with Crippen LogP contribution in [0.2, 0.25) is 0 Å². The van der Waals surface area contributed by atoms with Crippen LogP contribution in [0, 0.1) is 11.8 Å². The molecule has 3 aliphatic rings. The molecule has 3 rings (SSSR count). The molecule has 1 N–H and O–H groups in total. The minimum Gasteiger partial charge on any atom is -0.396 e. The van der Waals surface area contributed by atoms with E-state index in [0.717, 1.165) is 44.9 Å². The zero-order valence-corrected chi connectivity index (χ0v) is 24.9. The van der Waals surface area contributed by atoms with Gasteiger partial charge in [0.15, 0.2) is 0 Å². The van der Waals surface area contributed by atoms with Crippen molar-refractivity contribution in [2.75, 3.05) is 39.8 Å². The number of fused-ring (bicyclic) bond motifs is 1. The van der Waals surface area contributed by atoms with Gasteiger partial charge in [0.05, 0.1) is 16.6 Å². The van der Waals surface area contributed by atoms with Crippen molar-refractivity contribution in [3.63, 3.8) is 0 Å². The zero-order chi connectivity index (χ0) is 27.2. The summed E-state index contributed by atoms with van der Waals surface area (Å²) in [4.78, 5) is 47.4. The van der Waals surface area contributed by atoms with Gasteiger partial charge in [-0.2, -0.15) is 0 Å². The number of hydrogen-bond acceptors (Lipinski definition) is 5. The van der Waals surface area contributed by atoms with E-state index in [0.29, 0.717) is 32.6 Å². The van der Waals surface area contributed by atoms with E-state index in [1.54, 1.807) is 35.9 Å². The molecule has 1 spiro atoms. The molecule has 0 aromatic rings. The lowest BCUT2D eigenvalue weighted by molar-refractivity contribution is -0.144. The van der Waals surface area contributed by atoms with E-state index in [9.17, 15) is 14.4 Å². The van der Waals surface area contributed by atoms with Crippen LogP contribution >= 0.6 is 27.7 Å². The second-order valence-corrected chi connectivity index (χ2v) is 13.3. The van der Waals surface area contributed by atoms with Crippen LogP contribution in [-0.2, 0) is 14.4 Å². The van der Waals surface area contributed by atoms with Crippen molar-refractivity contribution in [2.45, 2.75) is 79.2 Å².